The van der Waals surface area contributed by atoms with Gasteiger partial charge in [0.1, 0.15) is 16.4 Å². The maximum Gasteiger partial charge on any atom is 0.272 e. The van der Waals surface area contributed by atoms with Crippen molar-refractivity contribution in [2.24, 2.45) is 0 Å². The molecule has 0 aliphatic carbocycles. The molecular formula is C19H19BrN4O3. The maximum atomic E-state index is 12.4. The predicted octanol–water partition coefficient (Wildman–Crippen LogP) is 1.21. The van der Waals surface area contributed by atoms with E-state index >= 15 is 0 Å². The topological polar surface area (TPSA) is 115 Å². The van der Waals surface area contributed by atoms with Gasteiger partial charge >= 0.3 is 0 Å². The summed E-state index contributed by atoms with van der Waals surface area (Å²) in [6, 6.07) is 4.82. The highest BCUT2D eigenvalue weighted by Gasteiger charge is 2.19. The summed E-state index contributed by atoms with van der Waals surface area (Å²) >= 11 is 3.31. The lowest BCUT2D eigenvalue weighted by atomic mass is 9.90. The second-order valence-corrected chi connectivity index (χ2v) is 8.06. The third-order valence-corrected chi connectivity index (χ3v) is 4.47. The van der Waals surface area contributed by atoms with Gasteiger partial charge in [-0.3, -0.25) is 9.59 Å². The van der Waals surface area contributed by atoms with E-state index in [0.29, 0.717) is 11.3 Å². The Morgan fingerprint density at radius 1 is 1.07 bits per heavy atom. The van der Waals surface area contributed by atoms with E-state index in [4.69, 9.17) is 0 Å². The SMILES string of the molecule is CC(C)(C)c1[nH]cnc1C=c1[nH]c(=O)c(=Cc2cc(Br)ccc2O)[nH]c1=O. The van der Waals surface area contributed by atoms with Gasteiger partial charge in [-0.15, -0.1) is 0 Å². The van der Waals surface area contributed by atoms with Crippen molar-refractivity contribution >= 4 is 28.1 Å². The molecule has 2 heterocycles. The Kier molecular flexibility index (Phi) is 4.93. The number of halogens is 1. The van der Waals surface area contributed by atoms with E-state index in [2.05, 4.69) is 35.9 Å². The Balaban J connectivity index is 2.16. The molecule has 1 aromatic carbocycles. The number of hydrogen-bond acceptors (Lipinski definition) is 4. The summed E-state index contributed by atoms with van der Waals surface area (Å²) in [7, 11) is 0. The highest BCUT2D eigenvalue weighted by molar-refractivity contribution is 9.10. The number of aromatic hydroxyl groups is 1. The second kappa shape index (κ2) is 7.03. The van der Waals surface area contributed by atoms with Crippen LogP contribution in [0.4, 0.5) is 0 Å². The van der Waals surface area contributed by atoms with Crippen molar-refractivity contribution in [3.63, 3.8) is 0 Å². The molecule has 27 heavy (non-hydrogen) atoms. The Bertz CT molecular complexity index is 1230. The van der Waals surface area contributed by atoms with E-state index < -0.39 is 11.1 Å². The maximum absolute atomic E-state index is 12.4. The molecule has 0 radical (unpaired) electrons. The van der Waals surface area contributed by atoms with Gasteiger partial charge in [-0.2, -0.15) is 0 Å². The smallest absolute Gasteiger partial charge is 0.272 e. The first-order valence-corrected chi connectivity index (χ1v) is 9.03. The number of phenolic OH excluding ortho intramolecular Hbond substituents is 1. The van der Waals surface area contributed by atoms with Gasteiger partial charge in [0.25, 0.3) is 11.1 Å². The molecule has 0 bridgehead atoms. The predicted molar refractivity (Wildman–Crippen MR) is 107 cm³/mol. The van der Waals surface area contributed by atoms with Crippen molar-refractivity contribution in [3.05, 3.63) is 77.4 Å². The normalized spacial score (nSPS) is 13.3. The van der Waals surface area contributed by atoms with Crippen LogP contribution in [0.3, 0.4) is 0 Å². The minimum atomic E-state index is -0.479. The van der Waals surface area contributed by atoms with Crippen LogP contribution in [-0.4, -0.2) is 25.0 Å². The van der Waals surface area contributed by atoms with Crippen LogP contribution in [0.2, 0.25) is 0 Å². The van der Waals surface area contributed by atoms with Gasteiger partial charge in [-0.1, -0.05) is 36.7 Å². The molecular weight excluding hydrogens is 412 g/mol. The van der Waals surface area contributed by atoms with E-state index in [9.17, 15) is 14.7 Å². The van der Waals surface area contributed by atoms with Gasteiger partial charge in [0.2, 0.25) is 0 Å². The van der Waals surface area contributed by atoms with Crippen LogP contribution in [0.25, 0.3) is 12.2 Å². The minimum Gasteiger partial charge on any atom is -0.507 e. The van der Waals surface area contributed by atoms with Crippen molar-refractivity contribution in [1.29, 1.82) is 0 Å². The Morgan fingerprint density at radius 2 is 1.70 bits per heavy atom. The molecule has 7 nitrogen and oxygen atoms in total. The number of nitrogens with one attached hydrogen (secondary N) is 3. The standard InChI is InChI=1S/C19H19BrN4O3/c1-19(2,3)16-12(21-9-22-16)8-14-18(27)23-13(17(26)24-14)7-10-6-11(20)4-5-15(10)25/h4-9,25H,1-3H3,(H,21,22)(H,23,27)(H,24,26). The van der Waals surface area contributed by atoms with Gasteiger partial charge in [0.15, 0.2) is 0 Å². The molecule has 2 aromatic heterocycles. The average Bonchev–Trinajstić information content (AvgIpc) is 3.04. The molecule has 0 aliphatic heterocycles. The quantitative estimate of drug-likeness (QED) is 0.488. The van der Waals surface area contributed by atoms with E-state index in [1.807, 2.05) is 20.8 Å². The molecule has 0 unspecified atom stereocenters. The van der Waals surface area contributed by atoms with Gasteiger partial charge in [0.05, 0.1) is 12.0 Å². The number of nitrogens with zero attached hydrogens (tertiary/aromatic N) is 1. The number of benzene rings is 1. The summed E-state index contributed by atoms with van der Waals surface area (Å²) in [5.74, 6) is 0.000398. The van der Waals surface area contributed by atoms with Crippen LogP contribution in [-0.2, 0) is 5.41 Å². The molecule has 8 heteroatoms. The van der Waals surface area contributed by atoms with Crippen LogP contribution in [0, 0.1) is 0 Å². The molecule has 3 rings (SSSR count). The molecule has 0 fully saturated rings. The van der Waals surface area contributed by atoms with Crippen LogP contribution in [0.5, 0.6) is 5.75 Å². The van der Waals surface area contributed by atoms with Gasteiger partial charge < -0.3 is 20.1 Å². The molecule has 4 N–H and O–H groups in total. The van der Waals surface area contributed by atoms with E-state index in [0.717, 1.165) is 10.2 Å². The number of hydrogen-bond donors (Lipinski definition) is 4. The molecule has 140 valence electrons. The lowest BCUT2D eigenvalue weighted by Gasteiger charge is -2.16. The summed E-state index contributed by atoms with van der Waals surface area (Å²) in [6.07, 6.45) is 4.51. The summed E-state index contributed by atoms with van der Waals surface area (Å²) in [6.45, 7) is 6.06. The van der Waals surface area contributed by atoms with Crippen molar-refractivity contribution in [1.82, 2.24) is 19.9 Å². The molecule has 3 aromatic rings. The minimum absolute atomic E-state index is 0.000398. The lowest BCUT2D eigenvalue weighted by Crippen LogP contribution is -2.46. The van der Waals surface area contributed by atoms with Crippen LogP contribution in [0.15, 0.2) is 38.6 Å². The van der Waals surface area contributed by atoms with Crippen LogP contribution in [0.1, 0.15) is 37.7 Å². The summed E-state index contributed by atoms with van der Waals surface area (Å²) in [5, 5.41) is 10.1. The van der Waals surface area contributed by atoms with Crippen LogP contribution < -0.4 is 21.8 Å². The Morgan fingerprint density at radius 3 is 2.33 bits per heavy atom. The van der Waals surface area contributed by atoms with Crippen molar-refractivity contribution < 1.29 is 5.11 Å². The number of imidazole rings is 1. The lowest BCUT2D eigenvalue weighted by molar-refractivity contribution is 0.474. The van der Waals surface area contributed by atoms with Gasteiger partial charge in [-0.05, 0) is 30.4 Å². The fraction of sp³-hybridized carbons (Fsp3) is 0.211. The summed E-state index contributed by atoms with van der Waals surface area (Å²) in [4.78, 5) is 37.3. The third-order valence-electron chi connectivity index (χ3n) is 3.97. The number of aromatic nitrogens is 4. The van der Waals surface area contributed by atoms with Crippen molar-refractivity contribution in [2.45, 2.75) is 26.2 Å². The Labute approximate surface area is 162 Å². The second-order valence-electron chi connectivity index (χ2n) is 7.14. The Hall–Kier alpha value is -2.87. The average molecular weight is 431 g/mol. The van der Waals surface area contributed by atoms with Gasteiger partial charge in [0, 0.05) is 21.1 Å². The number of H-pyrrole nitrogens is 3. The first kappa shape index (κ1) is 18.9. The molecule has 0 amide bonds. The van der Waals surface area contributed by atoms with Crippen LogP contribution >= 0.6 is 15.9 Å². The summed E-state index contributed by atoms with van der Waals surface area (Å²) < 4.78 is 0.739. The van der Waals surface area contributed by atoms with Crippen molar-refractivity contribution in [3.8, 4) is 5.75 Å². The van der Waals surface area contributed by atoms with E-state index in [1.165, 1.54) is 18.2 Å². The van der Waals surface area contributed by atoms with Gasteiger partial charge in [-0.25, -0.2) is 4.98 Å². The molecule has 0 atom stereocenters. The molecule has 0 aliphatic rings. The zero-order valence-corrected chi connectivity index (χ0v) is 16.6. The molecule has 0 saturated heterocycles. The zero-order valence-electron chi connectivity index (χ0n) is 15.1. The highest BCUT2D eigenvalue weighted by Crippen LogP contribution is 2.23. The van der Waals surface area contributed by atoms with Crippen molar-refractivity contribution in [2.75, 3.05) is 0 Å². The summed E-state index contributed by atoms with van der Waals surface area (Å²) in [5.41, 5.74) is 0.722. The highest BCUT2D eigenvalue weighted by atomic mass is 79.9. The number of phenols is 1. The molecule has 0 spiro atoms. The third kappa shape index (κ3) is 4.11. The number of aromatic amines is 3. The molecule has 0 saturated carbocycles. The van der Waals surface area contributed by atoms with E-state index in [1.54, 1.807) is 18.5 Å². The largest absolute Gasteiger partial charge is 0.507 e. The monoisotopic (exact) mass is 430 g/mol. The number of rotatable bonds is 2. The first-order valence-electron chi connectivity index (χ1n) is 8.23. The fourth-order valence-corrected chi connectivity index (χ4v) is 3.02. The first-order chi connectivity index (χ1) is 12.6. The fourth-order valence-electron chi connectivity index (χ4n) is 2.64. The zero-order chi connectivity index (χ0) is 19.8. The van der Waals surface area contributed by atoms with E-state index in [-0.39, 0.29) is 21.9 Å².